The summed E-state index contributed by atoms with van der Waals surface area (Å²) in [5.41, 5.74) is 1.22. The van der Waals surface area contributed by atoms with Gasteiger partial charge in [0.25, 0.3) is 0 Å². The third-order valence-corrected chi connectivity index (χ3v) is 3.89. The minimum Gasteiger partial charge on any atom is -0.316 e. The molecule has 16 heavy (non-hydrogen) atoms. The Morgan fingerprint density at radius 1 is 1.38 bits per heavy atom. The van der Waals surface area contributed by atoms with E-state index in [4.69, 9.17) is 0 Å². The summed E-state index contributed by atoms with van der Waals surface area (Å²) in [5.74, 6) is 0.373. The van der Waals surface area contributed by atoms with Crippen LogP contribution in [0.25, 0.3) is 0 Å². The topological polar surface area (TPSA) is 12.0 Å². The minimum atomic E-state index is -2.24. The van der Waals surface area contributed by atoms with E-state index < -0.39 is 6.43 Å². The molecule has 1 heterocycles. The molecule has 88 valence electrons. The molecule has 1 aliphatic rings. The van der Waals surface area contributed by atoms with E-state index in [0.717, 1.165) is 24.4 Å². The zero-order valence-electron chi connectivity index (χ0n) is 8.96. The SMILES string of the molecule is FC(F)CSc1ccccc1C1CCNC1. The number of hydrogen-bond donors (Lipinski definition) is 1. The predicted octanol–water partition coefficient (Wildman–Crippen LogP) is 3.12. The maximum atomic E-state index is 12.2. The summed E-state index contributed by atoms with van der Waals surface area (Å²) in [7, 11) is 0. The molecule has 1 N–H and O–H groups in total. The van der Waals surface area contributed by atoms with Crippen LogP contribution >= 0.6 is 11.8 Å². The van der Waals surface area contributed by atoms with Gasteiger partial charge in [-0.05, 0) is 30.5 Å². The fourth-order valence-electron chi connectivity index (χ4n) is 2.02. The lowest BCUT2D eigenvalue weighted by molar-refractivity contribution is 0.177. The Kier molecular flexibility index (Phi) is 4.18. The van der Waals surface area contributed by atoms with Crippen molar-refractivity contribution in [2.24, 2.45) is 0 Å². The molecule has 0 radical (unpaired) electrons. The van der Waals surface area contributed by atoms with Gasteiger partial charge in [-0.2, -0.15) is 0 Å². The van der Waals surface area contributed by atoms with Crippen molar-refractivity contribution in [3.05, 3.63) is 29.8 Å². The summed E-state index contributed by atoms with van der Waals surface area (Å²) in [6.45, 7) is 1.99. The Balaban J connectivity index is 2.10. The average Bonchev–Trinajstić information content (AvgIpc) is 2.80. The van der Waals surface area contributed by atoms with Gasteiger partial charge in [-0.15, -0.1) is 11.8 Å². The van der Waals surface area contributed by atoms with Crippen LogP contribution < -0.4 is 5.32 Å². The van der Waals surface area contributed by atoms with Crippen molar-refractivity contribution >= 4 is 11.8 Å². The highest BCUT2D eigenvalue weighted by molar-refractivity contribution is 7.99. The lowest BCUT2D eigenvalue weighted by Gasteiger charge is -2.14. The molecule has 0 aromatic heterocycles. The van der Waals surface area contributed by atoms with Gasteiger partial charge in [0.15, 0.2) is 0 Å². The molecular weight excluding hydrogens is 228 g/mol. The van der Waals surface area contributed by atoms with E-state index in [2.05, 4.69) is 11.4 Å². The molecule has 4 heteroatoms. The van der Waals surface area contributed by atoms with E-state index in [1.165, 1.54) is 17.3 Å². The summed E-state index contributed by atoms with van der Waals surface area (Å²) in [6.07, 6.45) is -1.13. The van der Waals surface area contributed by atoms with Crippen LogP contribution in [0.2, 0.25) is 0 Å². The van der Waals surface area contributed by atoms with E-state index >= 15 is 0 Å². The van der Waals surface area contributed by atoms with Crippen LogP contribution in [0, 0.1) is 0 Å². The third kappa shape index (κ3) is 2.95. The second kappa shape index (κ2) is 5.64. The molecule has 1 aromatic rings. The zero-order chi connectivity index (χ0) is 11.4. The van der Waals surface area contributed by atoms with Crippen molar-refractivity contribution in [1.29, 1.82) is 0 Å². The molecule has 0 amide bonds. The molecule has 0 spiro atoms. The zero-order valence-corrected chi connectivity index (χ0v) is 9.77. The summed E-state index contributed by atoms with van der Waals surface area (Å²) in [4.78, 5) is 1.01. The van der Waals surface area contributed by atoms with Crippen molar-refractivity contribution in [3.8, 4) is 0 Å². The fourth-order valence-corrected chi connectivity index (χ4v) is 2.90. The van der Waals surface area contributed by atoms with Crippen LogP contribution in [0.3, 0.4) is 0 Å². The quantitative estimate of drug-likeness (QED) is 0.815. The van der Waals surface area contributed by atoms with Gasteiger partial charge >= 0.3 is 0 Å². The van der Waals surface area contributed by atoms with Gasteiger partial charge in [-0.1, -0.05) is 18.2 Å². The molecular formula is C12H15F2NS. The van der Waals surface area contributed by atoms with Crippen molar-refractivity contribution in [3.63, 3.8) is 0 Å². The van der Waals surface area contributed by atoms with E-state index in [-0.39, 0.29) is 5.75 Å². The highest BCUT2D eigenvalue weighted by Gasteiger charge is 2.19. The first-order valence-electron chi connectivity index (χ1n) is 5.48. The fraction of sp³-hybridized carbons (Fsp3) is 0.500. The van der Waals surface area contributed by atoms with Crippen LogP contribution in [-0.2, 0) is 0 Å². The summed E-state index contributed by atoms with van der Waals surface area (Å²) in [5, 5.41) is 3.31. The second-order valence-corrected chi connectivity index (χ2v) is 4.99. The van der Waals surface area contributed by atoms with Crippen LogP contribution in [0.15, 0.2) is 29.2 Å². The number of hydrogen-bond acceptors (Lipinski definition) is 2. The number of thioether (sulfide) groups is 1. The Morgan fingerprint density at radius 2 is 2.19 bits per heavy atom. The maximum absolute atomic E-state index is 12.2. The number of halogens is 2. The summed E-state index contributed by atoms with van der Waals surface area (Å²) < 4.78 is 24.4. The Morgan fingerprint density at radius 3 is 2.88 bits per heavy atom. The monoisotopic (exact) mass is 243 g/mol. The second-order valence-electron chi connectivity index (χ2n) is 3.93. The lowest BCUT2D eigenvalue weighted by Crippen LogP contribution is -2.08. The van der Waals surface area contributed by atoms with Gasteiger partial charge in [0.05, 0.1) is 5.75 Å². The van der Waals surface area contributed by atoms with Gasteiger partial charge in [-0.25, -0.2) is 8.78 Å². The predicted molar refractivity (Wildman–Crippen MR) is 63.4 cm³/mol. The van der Waals surface area contributed by atoms with Gasteiger partial charge in [0.2, 0.25) is 6.43 Å². The molecule has 1 atom stereocenters. The van der Waals surface area contributed by atoms with Crippen molar-refractivity contribution in [2.75, 3.05) is 18.8 Å². The lowest BCUT2D eigenvalue weighted by atomic mass is 9.99. The van der Waals surface area contributed by atoms with Gasteiger partial charge < -0.3 is 5.32 Å². The molecule has 0 aliphatic carbocycles. The molecule has 2 rings (SSSR count). The van der Waals surface area contributed by atoms with Crippen LogP contribution in [0.4, 0.5) is 8.78 Å². The Hall–Kier alpha value is -0.610. The highest BCUT2D eigenvalue weighted by Crippen LogP contribution is 2.32. The standard InChI is InChI=1S/C12H15F2NS/c13-12(14)8-16-11-4-2-1-3-10(11)9-5-6-15-7-9/h1-4,9,12,15H,5-8H2. The number of benzene rings is 1. The number of alkyl halides is 2. The minimum absolute atomic E-state index is 0.114. The molecule has 1 aromatic carbocycles. The van der Waals surface area contributed by atoms with E-state index in [9.17, 15) is 8.78 Å². The molecule has 1 nitrogen and oxygen atoms in total. The first-order valence-corrected chi connectivity index (χ1v) is 6.46. The Bertz CT molecular complexity index is 338. The summed E-state index contributed by atoms with van der Waals surface area (Å²) >= 11 is 1.26. The van der Waals surface area contributed by atoms with Crippen LogP contribution in [-0.4, -0.2) is 25.3 Å². The first kappa shape index (κ1) is 11.9. The third-order valence-electron chi connectivity index (χ3n) is 2.78. The van der Waals surface area contributed by atoms with Gasteiger partial charge in [0.1, 0.15) is 0 Å². The molecule has 1 unspecified atom stereocenters. The highest BCUT2D eigenvalue weighted by atomic mass is 32.2. The molecule has 0 saturated carbocycles. The van der Waals surface area contributed by atoms with Crippen molar-refractivity contribution < 1.29 is 8.78 Å². The largest absolute Gasteiger partial charge is 0.316 e. The maximum Gasteiger partial charge on any atom is 0.247 e. The average molecular weight is 243 g/mol. The van der Waals surface area contributed by atoms with E-state index in [1.54, 1.807) is 0 Å². The Labute approximate surface area is 98.6 Å². The van der Waals surface area contributed by atoms with Crippen molar-refractivity contribution in [2.45, 2.75) is 23.7 Å². The van der Waals surface area contributed by atoms with E-state index in [1.807, 2.05) is 18.2 Å². The van der Waals surface area contributed by atoms with Crippen LogP contribution in [0.5, 0.6) is 0 Å². The van der Waals surface area contributed by atoms with E-state index in [0.29, 0.717) is 5.92 Å². The molecule has 0 bridgehead atoms. The van der Waals surface area contributed by atoms with Crippen molar-refractivity contribution in [1.82, 2.24) is 5.32 Å². The van der Waals surface area contributed by atoms with Crippen LogP contribution in [0.1, 0.15) is 17.9 Å². The molecule has 1 saturated heterocycles. The van der Waals surface area contributed by atoms with Gasteiger partial charge in [0, 0.05) is 11.4 Å². The molecule has 1 aliphatic heterocycles. The number of nitrogens with one attached hydrogen (secondary N) is 1. The normalized spacial score (nSPS) is 20.6. The molecule has 1 fully saturated rings. The number of rotatable bonds is 4. The van der Waals surface area contributed by atoms with Gasteiger partial charge in [-0.3, -0.25) is 0 Å². The smallest absolute Gasteiger partial charge is 0.247 e. The summed E-state index contributed by atoms with van der Waals surface area (Å²) in [6, 6.07) is 7.91. The first-order chi connectivity index (χ1) is 7.77.